The largest absolute Gasteiger partial charge is 0 e. The second kappa shape index (κ2) is 51.8. The van der Waals surface area contributed by atoms with Crippen molar-refractivity contribution in [1.29, 1.82) is 0 Å². The van der Waals surface area contributed by atoms with Gasteiger partial charge in [0.25, 0.3) is 0 Å². The molecule has 0 aromatic heterocycles. The number of hydrogen-bond acceptors (Lipinski definition) is 0. The Morgan fingerprint density at radius 1 is 0.250 bits per heavy atom. The second-order valence-electron chi connectivity index (χ2n) is 0. The molecule has 0 fully saturated rings. The first-order valence-corrected chi connectivity index (χ1v) is 0. The normalized spacial score (nSPS) is 0. The summed E-state index contributed by atoms with van der Waals surface area (Å²) in [6, 6.07) is 0. The molecular formula is Mg7Pt. The molecular weight excluding hydrogens is 365 g/mol. The van der Waals surface area contributed by atoms with Gasteiger partial charge in [-0.25, -0.2) is 0 Å². The standard InChI is InChI=1S/7Mg.Pt. The molecule has 0 unspecified atom stereocenters. The molecule has 0 aliphatic rings. The first-order valence-electron chi connectivity index (χ1n) is 0. The predicted octanol–water partition coefficient (Wildman–Crippen LogP) is -2.67. The molecule has 24 valence electrons. The van der Waals surface area contributed by atoms with Crippen LogP contribution in [0.25, 0.3) is 0 Å². The van der Waals surface area contributed by atoms with E-state index in [9.17, 15) is 0 Å². The monoisotopic (exact) mass is 363 g/mol. The quantitative estimate of drug-likeness (QED) is 0.411. The summed E-state index contributed by atoms with van der Waals surface area (Å²) in [7, 11) is 0. The zero-order chi connectivity index (χ0) is 0. The van der Waals surface area contributed by atoms with E-state index in [4.69, 9.17) is 0 Å². The fraction of sp³-hybridized carbons (Fsp3) is 0. The summed E-state index contributed by atoms with van der Waals surface area (Å²) in [6.45, 7) is 0. The van der Waals surface area contributed by atoms with Crippen LogP contribution in [-0.2, 0) is 21.1 Å². The molecule has 0 heterocycles. The summed E-state index contributed by atoms with van der Waals surface area (Å²) in [5, 5.41) is 0. The maximum Gasteiger partial charge on any atom is 0 e. The molecule has 0 amide bonds. The van der Waals surface area contributed by atoms with Crippen LogP contribution < -0.4 is 0 Å². The summed E-state index contributed by atoms with van der Waals surface area (Å²) < 4.78 is 0. The van der Waals surface area contributed by atoms with Crippen molar-refractivity contribution in [3.05, 3.63) is 0 Å². The van der Waals surface area contributed by atoms with Gasteiger partial charge in [0.2, 0.25) is 0 Å². The Kier molecular flexibility index (Phi) is 423. The fourth-order valence-corrected chi connectivity index (χ4v) is 0. The minimum Gasteiger partial charge on any atom is 0 e. The topological polar surface area (TPSA) is 0 Å². The molecule has 0 nitrogen and oxygen atoms in total. The predicted molar refractivity (Wildman–Crippen MR) is 40.3 cm³/mol. The average Bonchev–Trinajstić information content (AvgIpc) is 0. The van der Waals surface area contributed by atoms with Crippen molar-refractivity contribution < 1.29 is 21.1 Å². The number of rotatable bonds is 0. The maximum atomic E-state index is 0. The van der Waals surface area contributed by atoms with Crippen molar-refractivity contribution in [2.75, 3.05) is 0 Å². The Labute approximate surface area is 178 Å². The minimum absolute atomic E-state index is 0. The van der Waals surface area contributed by atoms with Crippen molar-refractivity contribution in [2.45, 2.75) is 0 Å². The Bertz CT molecular complexity index is 4.35. The summed E-state index contributed by atoms with van der Waals surface area (Å²) in [5.74, 6) is 0. The molecule has 0 aliphatic carbocycles. The Morgan fingerprint density at radius 2 is 0.250 bits per heavy atom. The van der Waals surface area contributed by atoms with Crippen molar-refractivity contribution in [3.63, 3.8) is 0 Å². The fourth-order valence-electron chi connectivity index (χ4n) is 0. The van der Waals surface area contributed by atoms with E-state index in [1.54, 1.807) is 0 Å². The van der Waals surface area contributed by atoms with E-state index >= 15 is 0 Å². The van der Waals surface area contributed by atoms with Gasteiger partial charge in [-0.15, -0.1) is 0 Å². The van der Waals surface area contributed by atoms with Gasteiger partial charge in [0, 0.05) is 182 Å². The summed E-state index contributed by atoms with van der Waals surface area (Å²) >= 11 is 0. The van der Waals surface area contributed by atoms with E-state index in [1.807, 2.05) is 0 Å². The molecule has 0 saturated heterocycles. The van der Waals surface area contributed by atoms with Gasteiger partial charge in [-0.3, -0.25) is 0 Å². The van der Waals surface area contributed by atoms with E-state index in [0.29, 0.717) is 0 Å². The first kappa shape index (κ1) is 65.4. The molecule has 0 atom stereocenters. The molecule has 14 radical (unpaired) electrons. The van der Waals surface area contributed by atoms with Crippen LogP contribution in [0, 0.1) is 0 Å². The van der Waals surface area contributed by atoms with Crippen LogP contribution in [0.2, 0.25) is 0 Å². The summed E-state index contributed by atoms with van der Waals surface area (Å²) in [5.41, 5.74) is 0. The zero-order valence-corrected chi connectivity index (χ0v) is 17.4. The smallest absolute Gasteiger partial charge is 0 e. The molecule has 8 heavy (non-hydrogen) atoms. The minimum atomic E-state index is 0. The van der Waals surface area contributed by atoms with Crippen molar-refractivity contribution in [1.82, 2.24) is 0 Å². The Hall–Kier alpha value is 6.05. The first-order chi connectivity index (χ1) is 0. The molecule has 0 aliphatic heterocycles. The van der Waals surface area contributed by atoms with Gasteiger partial charge in [-0.2, -0.15) is 0 Å². The van der Waals surface area contributed by atoms with E-state index in [2.05, 4.69) is 0 Å². The molecule has 0 aromatic carbocycles. The van der Waals surface area contributed by atoms with E-state index in [-0.39, 0.29) is 182 Å². The van der Waals surface area contributed by atoms with E-state index < -0.39 is 0 Å². The molecule has 0 aromatic rings. The summed E-state index contributed by atoms with van der Waals surface area (Å²) in [4.78, 5) is 0. The van der Waals surface area contributed by atoms with Crippen molar-refractivity contribution in [3.8, 4) is 0 Å². The maximum absolute atomic E-state index is 0. The van der Waals surface area contributed by atoms with Crippen LogP contribution in [0.1, 0.15) is 0 Å². The Morgan fingerprint density at radius 3 is 0.250 bits per heavy atom. The van der Waals surface area contributed by atoms with Gasteiger partial charge in [0.05, 0.1) is 0 Å². The summed E-state index contributed by atoms with van der Waals surface area (Å²) in [6.07, 6.45) is 0. The average molecular weight is 365 g/mol. The van der Waals surface area contributed by atoms with Gasteiger partial charge < -0.3 is 0 Å². The van der Waals surface area contributed by atoms with Crippen LogP contribution in [0.3, 0.4) is 0 Å². The molecule has 0 saturated carbocycles. The van der Waals surface area contributed by atoms with Gasteiger partial charge in [-0.05, 0) is 0 Å². The third kappa shape index (κ3) is 40.2. The molecule has 0 spiro atoms. The van der Waals surface area contributed by atoms with E-state index in [1.165, 1.54) is 0 Å². The third-order valence-corrected chi connectivity index (χ3v) is 0. The molecule has 8 heteroatoms. The van der Waals surface area contributed by atoms with Crippen molar-refractivity contribution >= 4 is 161 Å². The SMILES string of the molecule is [Mg].[Mg].[Mg].[Mg].[Mg].[Mg].[Mg].[Pt]. The number of hydrogen-bond donors (Lipinski definition) is 0. The van der Waals surface area contributed by atoms with Crippen LogP contribution in [0.4, 0.5) is 0 Å². The molecule has 0 rings (SSSR count). The zero-order valence-electron chi connectivity index (χ0n) is 5.27. The van der Waals surface area contributed by atoms with Gasteiger partial charge in [-0.1, -0.05) is 0 Å². The van der Waals surface area contributed by atoms with Crippen LogP contribution in [-0.4, -0.2) is 161 Å². The molecule has 0 N–H and O–H groups in total. The van der Waals surface area contributed by atoms with Gasteiger partial charge >= 0.3 is 0 Å². The Balaban J connectivity index is 0. The van der Waals surface area contributed by atoms with Crippen molar-refractivity contribution in [2.24, 2.45) is 0 Å². The van der Waals surface area contributed by atoms with Crippen LogP contribution in [0.15, 0.2) is 0 Å². The van der Waals surface area contributed by atoms with Gasteiger partial charge in [0.1, 0.15) is 0 Å². The molecule has 0 bridgehead atoms. The second-order valence-corrected chi connectivity index (χ2v) is 0. The van der Waals surface area contributed by atoms with Crippen LogP contribution in [0.5, 0.6) is 0 Å². The third-order valence-electron chi connectivity index (χ3n) is 0. The van der Waals surface area contributed by atoms with E-state index in [0.717, 1.165) is 0 Å². The van der Waals surface area contributed by atoms with Crippen LogP contribution >= 0.6 is 0 Å². The van der Waals surface area contributed by atoms with Gasteiger partial charge in [0.15, 0.2) is 0 Å².